The third-order valence-corrected chi connectivity index (χ3v) is 6.78. The van der Waals surface area contributed by atoms with Gasteiger partial charge >= 0.3 is 0 Å². The molecule has 2 atom stereocenters. The molecule has 1 saturated heterocycles. The summed E-state index contributed by atoms with van der Waals surface area (Å²) in [5.41, 5.74) is 0.474. The second-order valence-electron chi connectivity index (χ2n) is 7.61. The number of hydrogen-bond acceptors (Lipinski definition) is 7. The average Bonchev–Trinajstić information content (AvgIpc) is 3.32. The van der Waals surface area contributed by atoms with E-state index < -0.39 is 0 Å². The summed E-state index contributed by atoms with van der Waals surface area (Å²) >= 11 is 1.74. The van der Waals surface area contributed by atoms with Crippen LogP contribution in [0.1, 0.15) is 35.1 Å². The zero-order chi connectivity index (χ0) is 22.4. The molecule has 3 rings (SSSR count). The lowest BCUT2D eigenvalue weighted by atomic mass is 10.0. The number of nitrogens with zero attached hydrogens (tertiary/aromatic N) is 2. The molecule has 0 saturated carbocycles. The van der Waals surface area contributed by atoms with Crippen LogP contribution in [0.25, 0.3) is 0 Å². The van der Waals surface area contributed by atoms with Crippen molar-refractivity contribution < 1.29 is 19.0 Å². The maximum Gasteiger partial charge on any atom is 0.251 e. The quantitative estimate of drug-likeness (QED) is 0.637. The van der Waals surface area contributed by atoms with Crippen LogP contribution in [-0.4, -0.2) is 75.8 Å². The highest BCUT2D eigenvalue weighted by Gasteiger charge is 2.31. The van der Waals surface area contributed by atoms with E-state index in [1.165, 1.54) is 4.88 Å². The van der Waals surface area contributed by atoms with Crippen molar-refractivity contribution in [3.05, 3.63) is 40.1 Å². The van der Waals surface area contributed by atoms with Gasteiger partial charge in [-0.25, -0.2) is 0 Å². The van der Waals surface area contributed by atoms with E-state index in [-0.39, 0.29) is 18.0 Å². The fourth-order valence-electron chi connectivity index (χ4n) is 4.14. The largest absolute Gasteiger partial charge is 0.493 e. The summed E-state index contributed by atoms with van der Waals surface area (Å²) in [7, 11) is 4.64. The smallest absolute Gasteiger partial charge is 0.251 e. The van der Waals surface area contributed by atoms with Gasteiger partial charge < -0.3 is 24.4 Å². The number of nitrogens with one attached hydrogen (secondary N) is 1. The minimum absolute atomic E-state index is 0.0709. The lowest BCUT2D eigenvalue weighted by Gasteiger charge is -2.41. The van der Waals surface area contributed by atoms with Crippen LogP contribution in [0.4, 0.5) is 0 Å². The highest BCUT2D eigenvalue weighted by Crippen LogP contribution is 2.38. The summed E-state index contributed by atoms with van der Waals surface area (Å²) in [6.07, 6.45) is 0. The fraction of sp³-hybridized carbons (Fsp3) is 0.522. The van der Waals surface area contributed by atoms with Crippen LogP contribution >= 0.6 is 11.3 Å². The Morgan fingerprint density at radius 3 is 2.23 bits per heavy atom. The monoisotopic (exact) mass is 447 g/mol. The van der Waals surface area contributed by atoms with Crippen LogP contribution in [0.5, 0.6) is 17.2 Å². The van der Waals surface area contributed by atoms with Crippen molar-refractivity contribution in [1.29, 1.82) is 0 Å². The van der Waals surface area contributed by atoms with Gasteiger partial charge in [-0.2, -0.15) is 0 Å². The van der Waals surface area contributed by atoms with Gasteiger partial charge in [-0.05, 0) is 37.0 Å². The Morgan fingerprint density at radius 1 is 1.10 bits per heavy atom. The first-order chi connectivity index (χ1) is 15.0. The van der Waals surface area contributed by atoms with Crippen molar-refractivity contribution in [3.63, 3.8) is 0 Å². The van der Waals surface area contributed by atoms with Crippen LogP contribution in [0.2, 0.25) is 0 Å². The van der Waals surface area contributed by atoms with Gasteiger partial charge in [0.2, 0.25) is 5.75 Å². The Morgan fingerprint density at radius 2 is 1.74 bits per heavy atom. The molecule has 1 aromatic carbocycles. The molecule has 31 heavy (non-hydrogen) atoms. The number of rotatable bonds is 9. The van der Waals surface area contributed by atoms with E-state index in [0.29, 0.717) is 22.8 Å². The van der Waals surface area contributed by atoms with Crippen LogP contribution in [-0.2, 0) is 0 Å². The molecule has 1 fully saturated rings. The molecular weight excluding hydrogens is 414 g/mol. The first-order valence-corrected chi connectivity index (χ1v) is 11.5. The van der Waals surface area contributed by atoms with Crippen molar-refractivity contribution in [3.8, 4) is 17.2 Å². The first-order valence-electron chi connectivity index (χ1n) is 10.6. The number of piperazine rings is 1. The summed E-state index contributed by atoms with van der Waals surface area (Å²) in [5, 5.41) is 5.30. The lowest BCUT2D eigenvalue weighted by Crippen LogP contribution is -2.52. The molecule has 170 valence electrons. The minimum Gasteiger partial charge on any atom is -0.493 e. The van der Waals surface area contributed by atoms with Crippen molar-refractivity contribution in [2.24, 2.45) is 0 Å². The Kier molecular flexibility index (Phi) is 8.17. The van der Waals surface area contributed by atoms with Crippen molar-refractivity contribution in [2.45, 2.75) is 25.9 Å². The van der Waals surface area contributed by atoms with Gasteiger partial charge in [0.1, 0.15) is 0 Å². The first kappa shape index (κ1) is 23.4. The number of hydrogen-bond donors (Lipinski definition) is 1. The van der Waals surface area contributed by atoms with Crippen molar-refractivity contribution in [2.75, 3.05) is 54.1 Å². The molecule has 0 unspecified atom stereocenters. The van der Waals surface area contributed by atoms with Gasteiger partial charge in [0.15, 0.2) is 11.5 Å². The second kappa shape index (κ2) is 10.8. The lowest BCUT2D eigenvalue weighted by molar-refractivity contribution is 0.0753. The summed E-state index contributed by atoms with van der Waals surface area (Å²) in [6.45, 7) is 9.42. The third-order valence-electron chi connectivity index (χ3n) is 5.84. The fourth-order valence-corrected chi connectivity index (χ4v) is 5.11. The molecule has 1 aliphatic heterocycles. The van der Waals surface area contributed by atoms with Crippen molar-refractivity contribution >= 4 is 17.2 Å². The number of carbonyl (C=O) groups excluding carboxylic acids is 1. The van der Waals surface area contributed by atoms with Crippen molar-refractivity contribution in [1.82, 2.24) is 15.1 Å². The van der Waals surface area contributed by atoms with Gasteiger partial charge in [0.05, 0.1) is 27.4 Å². The number of methoxy groups -OCH3 is 3. The molecular formula is C23H33N3O4S. The van der Waals surface area contributed by atoms with E-state index in [1.54, 1.807) is 44.8 Å². The predicted octanol–water partition coefficient (Wildman–Crippen LogP) is 3.27. The molecule has 1 amide bonds. The van der Waals surface area contributed by atoms with Gasteiger partial charge in [-0.3, -0.25) is 9.69 Å². The Bertz CT molecular complexity index is 826. The van der Waals surface area contributed by atoms with E-state index in [0.717, 1.165) is 32.7 Å². The number of benzene rings is 1. The second-order valence-corrected chi connectivity index (χ2v) is 8.59. The third kappa shape index (κ3) is 5.31. The van der Waals surface area contributed by atoms with Gasteiger partial charge in [-0.1, -0.05) is 13.0 Å². The topological polar surface area (TPSA) is 63.3 Å². The van der Waals surface area contributed by atoms with Crippen LogP contribution < -0.4 is 19.5 Å². The number of thiophene rings is 1. The number of ether oxygens (including phenoxy) is 3. The Hall–Kier alpha value is -2.29. The predicted molar refractivity (Wildman–Crippen MR) is 124 cm³/mol. The van der Waals surface area contributed by atoms with Crippen LogP contribution in [0.15, 0.2) is 29.6 Å². The zero-order valence-corrected chi connectivity index (χ0v) is 19.8. The standard InChI is InChI=1S/C23H33N3O4S/c1-6-25-9-11-26(12-10-25)21(20-8-7-13-31-20)16(2)24-23(27)17-14-18(28-3)22(30-5)19(15-17)29-4/h7-8,13-16,21H,6,9-12H2,1-5H3,(H,24,27)/t16-,21-/m0/s1. The normalized spacial score (nSPS) is 17.1. The average molecular weight is 448 g/mol. The maximum absolute atomic E-state index is 13.2. The molecule has 0 radical (unpaired) electrons. The minimum atomic E-state index is -0.166. The zero-order valence-electron chi connectivity index (χ0n) is 19.0. The van der Waals surface area contributed by atoms with E-state index in [9.17, 15) is 4.79 Å². The van der Waals surface area contributed by atoms with E-state index in [2.05, 4.69) is 46.5 Å². The molecule has 0 bridgehead atoms. The molecule has 2 heterocycles. The molecule has 1 aliphatic rings. The maximum atomic E-state index is 13.2. The SMILES string of the molecule is CCN1CCN([C@H](c2cccs2)[C@H](C)NC(=O)c2cc(OC)c(OC)c(OC)c2)CC1. The molecule has 0 spiro atoms. The number of amides is 1. The Labute approximate surface area is 188 Å². The summed E-state index contributed by atoms with van der Waals surface area (Å²) in [4.78, 5) is 19.4. The summed E-state index contributed by atoms with van der Waals surface area (Å²) < 4.78 is 16.2. The Balaban J connectivity index is 1.80. The highest BCUT2D eigenvalue weighted by atomic mass is 32.1. The molecule has 2 aromatic rings. The van der Waals surface area contributed by atoms with Gasteiger partial charge in [0.25, 0.3) is 5.91 Å². The van der Waals surface area contributed by atoms with Crippen LogP contribution in [0.3, 0.4) is 0 Å². The number of likely N-dealkylation sites (N-methyl/N-ethyl adjacent to an activating group) is 1. The molecule has 7 nitrogen and oxygen atoms in total. The number of carbonyl (C=O) groups is 1. The summed E-state index contributed by atoms with van der Waals surface area (Å²) in [5.74, 6) is 1.23. The summed E-state index contributed by atoms with van der Waals surface area (Å²) in [6, 6.07) is 7.66. The van der Waals surface area contributed by atoms with Gasteiger partial charge in [-0.15, -0.1) is 11.3 Å². The van der Waals surface area contributed by atoms with Gasteiger partial charge in [0, 0.05) is 42.7 Å². The highest BCUT2D eigenvalue weighted by molar-refractivity contribution is 7.10. The van der Waals surface area contributed by atoms with E-state index in [4.69, 9.17) is 14.2 Å². The van der Waals surface area contributed by atoms with E-state index >= 15 is 0 Å². The molecule has 1 aromatic heterocycles. The molecule has 8 heteroatoms. The molecule has 0 aliphatic carbocycles. The van der Waals surface area contributed by atoms with E-state index in [1.807, 2.05) is 0 Å². The van der Waals surface area contributed by atoms with Crippen LogP contribution in [0, 0.1) is 0 Å². The molecule has 1 N–H and O–H groups in total.